The highest BCUT2D eigenvalue weighted by atomic mass is 32.1. The lowest BCUT2D eigenvalue weighted by molar-refractivity contribution is -0.153. The van der Waals surface area contributed by atoms with Crippen LogP contribution in [-0.2, 0) is 9.53 Å². The molecule has 0 aliphatic carbocycles. The smallest absolute Gasteiger partial charge is 0.330 e. The Morgan fingerprint density at radius 2 is 2.13 bits per heavy atom. The molecule has 0 spiro atoms. The number of esters is 1. The van der Waals surface area contributed by atoms with Crippen molar-refractivity contribution in [3.05, 3.63) is 0 Å². The second kappa shape index (κ2) is 2.84. The summed E-state index contributed by atoms with van der Waals surface area (Å²) in [6.07, 6.45) is 0.732. The Morgan fingerprint density at radius 3 is 2.73 bits per heavy atom. The molecule has 2 heterocycles. The summed E-state index contributed by atoms with van der Waals surface area (Å²) in [7, 11) is 0. The van der Waals surface area contributed by atoms with Crippen molar-refractivity contribution in [3.63, 3.8) is 0 Å². The number of carbonyl (C=O) groups is 1. The monoisotopic (exact) mass is 228 g/mol. The van der Waals surface area contributed by atoms with Crippen molar-refractivity contribution in [1.29, 1.82) is 0 Å². The van der Waals surface area contributed by atoms with Crippen LogP contribution in [-0.4, -0.2) is 33.3 Å². The first-order valence-electron chi connectivity index (χ1n) is 5.10. The Kier molecular flexibility index (Phi) is 2.02. The number of rotatable bonds is 0. The average molecular weight is 228 g/mol. The summed E-state index contributed by atoms with van der Waals surface area (Å²) >= 11 is 5.28. The van der Waals surface area contributed by atoms with Crippen molar-refractivity contribution in [3.8, 4) is 0 Å². The lowest BCUT2D eigenvalue weighted by Crippen LogP contribution is -2.65. The lowest BCUT2D eigenvalue weighted by Gasteiger charge is -2.47. The Balaban J connectivity index is 2.38. The van der Waals surface area contributed by atoms with Crippen LogP contribution in [0.1, 0.15) is 34.1 Å². The Bertz CT molecular complexity index is 342. The van der Waals surface area contributed by atoms with Gasteiger partial charge in [-0.3, -0.25) is 4.90 Å². The molecule has 0 aromatic carbocycles. The van der Waals surface area contributed by atoms with Crippen LogP contribution in [0.2, 0.25) is 0 Å². The minimum atomic E-state index is -0.581. The number of thiocarbonyl (C=S) groups is 1. The Hall–Kier alpha value is -0.840. The summed E-state index contributed by atoms with van der Waals surface area (Å²) in [5.74, 6) is -0.195. The Morgan fingerprint density at radius 1 is 1.53 bits per heavy atom. The molecule has 0 bridgehead atoms. The number of nitrogens with zero attached hydrogens (tertiary/aromatic N) is 1. The fourth-order valence-electron chi connectivity index (χ4n) is 2.59. The van der Waals surface area contributed by atoms with Gasteiger partial charge in [-0.1, -0.05) is 0 Å². The number of hydrogen-bond donors (Lipinski definition) is 1. The molecule has 0 unspecified atom stereocenters. The summed E-state index contributed by atoms with van der Waals surface area (Å²) in [5, 5.41) is 3.83. The van der Waals surface area contributed by atoms with E-state index in [4.69, 9.17) is 17.0 Å². The lowest BCUT2D eigenvalue weighted by atomic mass is 9.90. The van der Waals surface area contributed by atoms with E-state index in [1.807, 2.05) is 18.7 Å². The molecule has 4 nitrogen and oxygen atoms in total. The van der Waals surface area contributed by atoms with Gasteiger partial charge in [-0.25, -0.2) is 4.79 Å². The van der Waals surface area contributed by atoms with E-state index in [0.29, 0.717) is 5.11 Å². The highest BCUT2D eigenvalue weighted by Gasteiger charge is 2.55. The third-order valence-electron chi connectivity index (χ3n) is 2.99. The first kappa shape index (κ1) is 10.7. The first-order valence-corrected chi connectivity index (χ1v) is 5.50. The Labute approximate surface area is 95.0 Å². The van der Waals surface area contributed by atoms with Gasteiger partial charge in [-0.2, -0.15) is 0 Å². The molecule has 0 saturated carbocycles. The zero-order valence-electron chi connectivity index (χ0n) is 9.46. The van der Waals surface area contributed by atoms with E-state index in [1.165, 1.54) is 0 Å². The number of hydrogen-bond acceptors (Lipinski definition) is 3. The van der Waals surface area contributed by atoms with Crippen molar-refractivity contribution >= 4 is 23.3 Å². The van der Waals surface area contributed by atoms with Crippen molar-refractivity contribution < 1.29 is 9.53 Å². The number of ether oxygens (including phenoxy) is 1. The zero-order chi connectivity index (χ0) is 11.4. The second-order valence-corrected chi connectivity index (χ2v) is 5.52. The third kappa shape index (κ3) is 1.49. The van der Waals surface area contributed by atoms with Crippen LogP contribution in [0, 0.1) is 0 Å². The van der Waals surface area contributed by atoms with Gasteiger partial charge in [0.05, 0.1) is 0 Å². The predicted molar refractivity (Wildman–Crippen MR) is 60.2 cm³/mol. The maximum absolute atomic E-state index is 11.6. The topological polar surface area (TPSA) is 41.6 Å². The normalized spacial score (nSPS) is 38.4. The van der Waals surface area contributed by atoms with Gasteiger partial charge in [0, 0.05) is 12.0 Å². The van der Waals surface area contributed by atoms with Crippen LogP contribution >= 0.6 is 12.2 Å². The van der Waals surface area contributed by atoms with E-state index >= 15 is 0 Å². The van der Waals surface area contributed by atoms with E-state index in [2.05, 4.69) is 19.2 Å². The van der Waals surface area contributed by atoms with Crippen molar-refractivity contribution in [2.45, 2.75) is 51.4 Å². The predicted octanol–water partition coefficient (Wildman–Crippen LogP) is 1.01. The van der Waals surface area contributed by atoms with Crippen LogP contribution in [0.4, 0.5) is 0 Å². The van der Waals surface area contributed by atoms with Gasteiger partial charge in [-0.15, -0.1) is 0 Å². The molecule has 2 atom stereocenters. The number of fused-ring (bicyclic) bond motifs is 1. The maximum atomic E-state index is 11.6. The largest absolute Gasteiger partial charge is 0.437 e. The molecule has 0 radical (unpaired) electrons. The van der Waals surface area contributed by atoms with Crippen LogP contribution in [0.3, 0.4) is 0 Å². The fourth-order valence-corrected chi connectivity index (χ4v) is 3.22. The number of nitrogens with one attached hydrogen (secondary N) is 1. The molecule has 0 amide bonds. The molecule has 1 N–H and O–H groups in total. The fraction of sp³-hybridized carbons (Fsp3) is 0.800. The highest BCUT2D eigenvalue weighted by Crippen LogP contribution is 2.38. The molecule has 0 aromatic rings. The molecule has 2 saturated heterocycles. The van der Waals surface area contributed by atoms with Gasteiger partial charge >= 0.3 is 5.97 Å². The second-order valence-electron chi connectivity index (χ2n) is 5.13. The van der Waals surface area contributed by atoms with Crippen LogP contribution < -0.4 is 5.32 Å². The molecule has 2 aliphatic heterocycles. The van der Waals surface area contributed by atoms with Gasteiger partial charge in [0.2, 0.25) is 0 Å². The highest BCUT2D eigenvalue weighted by molar-refractivity contribution is 7.80. The van der Waals surface area contributed by atoms with Crippen molar-refractivity contribution in [2.75, 3.05) is 0 Å². The van der Waals surface area contributed by atoms with Crippen molar-refractivity contribution in [1.82, 2.24) is 10.2 Å². The van der Waals surface area contributed by atoms with Gasteiger partial charge in [0.25, 0.3) is 0 Å². The van der Waals surface area contributed by atoms with Gasteiger partial charge in [0.15, 0.2) is 10.8 Å². The molecule has 2 rings (SSSR count). The molecule has 2 fully saturated rings. The van der Waals surface area contributed by atoms with Gasteiger partial charge < -0.3 is 10.1 Å². The quantitative estimate of drug-likeness (QED) is 0.495. The molecular weight excluding hydrogens is 212 g/mol. The zero-order valence-corrected chi connectivity index (χ0v) is 10.3. The van der Waals surface area contributed by atoms with Crippen molar-refractivity contribution in [2.24, 2.45) is 0 Å². The van der Waals surface area contributed by atoms with E-state index in [0.717, 1.165) is 6.42 Å². The van der Waals surface area contributed by atoms with E-state index < -0.39 is 5.72 Å². The molecule has 84 valence electrons. The third-order valence-corrected chi connectivity index (χ3v) is 3.29. The summed E-state index contributed by atoms with van der Waals surface area (Å²) in [4.78, 5) is 13.4. The minimum Gasteiger partial charge on any atom is -0.437 e. The molecule has 15 heavy (non-hydrogen) atoms. The maximum Gasteiger partial charge on any atom is 0.330 e. The summed E-state index contributed by atoms with van der Waals surface area (Å²) in [6, 6.07) is -0.286. The van der Waals surface area contributed by atoms with E-state index in [9.17, 15) is 4.79 Å². The van der Waals surface area contributed by atoms with Gasteiger partial charge in [-0.05, 0) is 39.9 Å². The van der Waals surface area contributed by atoms with Crippen LogP contribution in [0.5, 0.6) is 0 Å². The van der Waals surface area contributed by atoms with Gasteiger partial charge in [0.1, 0.15) is 6.04 Å². The summed E-state index contributed by atoms with van der Waals surface area (Å²) in [5.41, 5.74) is -0.713. The minimum absolute atomic E-state index is 0.132. The molecule has 5 heteroatoms. The number of carbonyl (C=O) groups excluding carboxylic acids is 1. The van der Waals surface area contributed by atoms with Crippen LogP contribution in [0.15, 0.2) is 0 Å². The standard InChI is InChI=1S/C10H16N2O2S/c1-6-7(13)14-10(4)5-9(2,3)11-8(15)12(6)10/h6H,5H2,1-4H3,(H,11,15)/t6-,10-/m1/s1. The van der Waals surface area contributed by atoms with E-state index in [1.54, 1.807) is 0 Å². The van der Waals surface area contributed by atoms with E-state index in [-0.39, 0.29) is 17.6 Å². The molecular formula is C10H16N2O2S. The molecule has 2 aliphatic rings. The summed E-state index contributed by atoms with van der Waals surface area (Å²) in [6.45, 7) is 7.85. The van der Waals surface area contributed by atoms with Crippen LogP contribution in [0.25, 0.3) is 0 Å². The average Bonchev–Trinajstić information content (AvgIpc) is 2.18. The first-order chi connectivity index (χ1) is 6.75. The molecule has 0 aromatic heterocycles. The summed E-state index contributed by atoms with van der Waals surface area (Å²) < 4.78 is 5.43. The SMILES string of the molecule is C[C@@H]1C(=O)O[C@]2(C)CC(C)(C)NC(=S)N12.